The molecule has 19 heavy (non-hydrogen) atoms. The standard InChI is InChI=1S/C15H23ClO2S/c1-12-7-9-14(10-8-12)13(2)6-5-11-19(17,18)15(3,4)16/h7-10,13H,5-6,11H2,1-4H3/t13-/m1/s1. The summed E-state index contributed by atoms with van der Waals surface area (Å²) in [5.41, 5.74) is 2.50. The van der Waals surface area contributed by atoms with Gasteiger partial charge in [-0.3, -0.25) is 0 Å². The molecule has 0 spiro atoms. The predicted molar refractivity (Wildman–Crippen MR) is 82.5 cm³/mol. The maximum Gasteiger partial charge on any atom is 0.169 e. The maximum absolute atomic E-state index is 11.9. The molecule has 0 aromatic heterocycles. The fourth-order valence-corrected chi connectivity index (χ4v) is 3.15. The minimum Gasteiger partial charge on any atom is -0.227 e. The fourth-order valence-electron chi connectivity index (χ4n) is 1.88. The number of aryl methyl sites for hydroxylation is 1. The molecule has 0 heterocycles. The molecule has 1 rings (SSSR count). The van der Waals surface area contributed by atoms with Crippen molar-refractivity contribution < 1.29 is 8.42 Å². The van der Waals surface area contributed by atoms with Crippen LogP contribution in [0.2, 0.25) is 0 Å². The molecule has 1 aromatic rings. The minimum absolute atomic E-state index is 0.152. The summed E-state index contributed by atoms with van der Waals surface area (Å²) >= 11 is 5.89. The lowest BCUT2D eigenvalue weighted by Crippen LogP contribution is -2.27. The molecule has 0 fully saturated rings. The number of halogens is 1. The van der Waals surface area contributed by atoms with Gasteiger partial charge in [-0.05, 0) is 45.1 Å². The van der Waals surface area contributed by atoms with E-state index >= 15 is 0 Å². The lowest BCUT2D eigenvalue weighted by Gasteiger charge is -2.18. The van der Waals surface area contributed by atoms with E-state index < -0.39 is 14.0 Å². The van der Waals surface area contributed by atoms with Crippen LogP contribution in [-0.2, 0) is 9.84 Å². The summed E-state index contributed by atoms with van der Waals surface area (Å²) in [7, 11) is -3.22. The average molecular weight is 303 g/mol. The summed E-state index contributed by atoms with van der Waals surface area (Å²) in [5.74, 6) is 0.522. The van der Waals surface area contributed by atoms with E-state index in [0.717, 1.165) is 6.42 Å². The van der Waals surface area contributed by atoms with Crippen LogP contribution in [0.5, 0.6) is 0 Å². The van der Waals surface area contributed by atoms with Gasteiger partial charge >= 0.3 is 0 Å². The van der Waals surface area contributed by atoms with Gasteiger partial charge in [-0.1, -0.05) is 36.8 Å². The van der Waals surface area contributed by atoms with Crippen LogP contribution in [0.25, 0.3) is 0 Å². The third-order valence-electron chi connectivity index (χ3n) is 3.44. The third kappa shape index (κ3) is 4.81. The van der Waals surface area contributed by atoms with E-state index in [-0.39, 0.29) is 5.75 Å². The Labute approximate surface area is 122 Å². The van der Waals surface area contributed by atoms with Crippen LogP contribution >= 0.6 is 11.6 Å². The van der Waals surface area contributed by atoms with Gasteiger partial charge in [0.1, 0.15) is 4.21 Å². The lowest BCUT2D eigenvalue weighted by atomic mass is 9.96. The van der Waals surface area contributed by atoms with Gasteiger partial charge in [0.15, 0.2) is 9.84 Å². The van der Waals surface area contributed by atoms with Crippen molar-refractivity contribution in [1.29, 1.82) is 0 Å². The highest BCUT2D eigenvalue weighted by molar-refractivity contribution is 7.94. The average Bonchev–Trinajstić information content (AvgIpc) is 2.28. The molecule has 0 saturated heterocycles. The van der Waals surface area contributed by atoms with Gasteiger partial charge in [-0.2, -0.15) is 0 Å². The first-order chi connectivity index (χ1) is 8.63. The Balaban J connectivity index is 2.52. The minimum atomic E-state index is -3.22. The van der Waals surface area contributed by atoms with Gasteiger partial charge in [-0.15, -0.1) is 11.6 Å². The molecule has 1 atom stereocenters. The fraction of sp³-hybridized carbons (Fsp3) is 0.600. The summed E-state index contributed by atoms with van der Waals surface area (Å²) < 4.78 is 22.6. The molecule has 0 aliphatic rings. The Morgan fingerprint density at radius 3 is 2.21 bits per heavy atom. The topological polar surface area (TPSA) is 34.1 Å². The first-order valence-corrected chi connectivity index (χ1v) is 8.64. The summed E-state index contributed by atoms with van der Waals surface area (Å²) in [4.78, 5) is 0. The Morgan fingerprint density at radius 2 is 1.74 bits per heavy atom. The monoisotopic (exact) mass is 302 g/mol. The van der Waals surface area contributed by atoms with Crippen molar-refractivity contribution in [2.45, 2.75) is 50.7 Å². The first kappa shape index (κ1) is 16.5. The second-order valence-electron chi connectivity index (χ2n) is 5.64. The van der Waals surface area contributed by atoms with E-state index in [1.807, 2.05) is 0 Å². The third-order valence-corrected chi connectivity index (χ3v) is 6.45. The Bertz CT molecular complexity index is 498. The first-order valence-electron chi connectivity index (χ1n) is 6.61. The lowest BCUT2D eigenvalue weighted by molar-refractivity contribution is 0.572. The predicted octanol–water partition coefficient (Wildman–Crippen LogP) is 4.27. The number of rotatable bonds is 6. The van der Waals surface area contributed by atoms with Gasteiger partial charge in [0.25, 0.3) is 0 Å². The highest BCUT2D eigenvalue weighted by Gasteiger charge is 2.30. The SMILES string of the molecule is Cc1ccc([C@H](C)CCCS(=O)(=O)C(C)(C)Cl)cc1. The van der Waals surface area contributed by atoms with E-state index in [0.29, 0.717) is 12.3 Å². The van der Waals surface area contributed by atoms with Crippen LogP contribution < -0.4 is 0 Å². The smallest absolute Gasteiger partial charge is 0.169 e. The molecule has 0 radical (unpaired) electrons. The van der Waals surface area contributed by atoms with Crippen molar-refractivity contribution >= 4 is 21.4 Å². The molecule has 0 unspecified atom stereocenters. The van der Waals surface area contributed by atoms with Crippen LogP contribution in [0.15, 0.2) is 24.3 Å². The zero-order valence-corrected chi connectivity index (χ0v) is 13.7. The van der Waals surface area contributed by atoms with Gasteiger partial charge < -0.3 is 0 Å². The number of hydrogen-bond acceptors (Lipinski definition) is 2. The molecule has 4 heteroatoms. The van der Waals surface area contributed by atoms with E-state index in [1.54, 1.807) is 0 Å². The van der Waals surface area contributed by atoms with E-state index in [9.17, 15) is 8.42 Å². The van der Waals surface area contributed by atoms with Crippen LogP contribution in [0, 0.1) is 6.92 Å². The van der Waals surface area contributed by atoms with Crippen molar-refractivity contribution in [2.24, 2.45) is 0 Å². The van der Waals surface area contributed by atoms with Gasteiger partial charge in [0.05, 0.1) is 5.75 Å². The van der Waals surface area contributed by atoms with Crippen molar-refractivity contribution in [3.8, 4) is 0 Å². The van der Waals surface area contributed by atoms with Gasteiger partial charge in [-0.25, -0.2) is 8.42 Å². The van der Waals surface area contributed by atoms with Crippen molar-refractivity contribution in [3.05, 3.63) is 35.4 Å². The number of alkyl halides is 1. The summed E-state index contributed by atoms with van der Waals surface area (Å²) in [6.45, 7) is 7.26. The quantitative estimate of drug-likeness (QED) is 0.735. The zero-order chi connectivity index (χ0) is 14.7. The molecule has 108 valence electrons. The molecule has 1 aromatic carbocycles. The number of sulfone groups is 1. The van der Waals surface area contributed by atoms with Crippen LogP contribution in [0.1, 0.15) is 50.7 Å². The van der Waals surface area contributed by atoms with Crippen LogP contribution in [-0.4, -0.2) is 18.4 Å². The molecular formula is C15H23ClO2S. The largest absolute Gasteiger partial charge is 0.227 e. The van der Waals surface area contributed by atoms with E-state index in [4.69, 9.17) is 11.6 Å². The van der Waals surface area contributed by atoms with Crippen molar-refractivity contribution in [2.75, 3.05) is 5.75 Å². The summed E-state index contributed by atoms with van der Waals surface area (Å²) in [6, 6.07) is 8.40. The second kappa shape index (κ2) is 6.27. The number of benzene rings is 1. The summed E-state index contributed by atoms with van der Waals surface area (Å²) in [6.07, 6.45) is 1.50. The Morgan fingerprint density at radius 1 is 1.21 bits per heavy atom. The highest BCUT2D eigenvalue weighted by Crippen LogP contribution is 2.25. The molecule has 2 nitrogen and oxygen atoms in total. The van der Waals surface area contributed by atoms with Crippen molar-refractivity contribution in [3.63, 3.8) is 0 Å². The van der Waals surface area contributed by atoms with E-state index in [2.05, 4.69) is 38.1 Å². The number of hydrogen-bond donors (Lipinski definition) is 0. The Hall–Kier alpha value is -0.540. The van der Waals surface area contributed by atoms with Gasteiger partial charge in [0.2, 0.25) is 0 Å². The summed E-state index contributed by atoms with van der Waals surface area (Å²) in [5, 5.41) is 0. The molecule has 0 aliphatic carbocycles. The second-order valence-corrected chi connectivity index (χ2v) is 9.46. The van der Waals surface area contributed by atoms with E-state index in [1.165, 1.54) is 25.0 Å². The molecule has 0 bridgehead atoms. The van der Waals surface area contributed by atoms with Gasteiger partial charge in [0, 0.05) is 0 Å². The molecule has 0 amide bonds. The van der Waals surface area contributed by atoms with Crippen molar-refractivity contribution in [1.82, 2.24) is 0 Å². The van der Waals surface area contributed by atoms with Crippen LogP contribution in [0.4, 0.5) is 0 Å². The maximum atomic E-state index is 11.9. The normalized spacial score (nSPS) is 14.4. The molecule has 0 N–H and O–H groups in total. The highest BCUT2D eigenvalue weighted by atomic mass is 35.5. The Kier molecular flexibility index (Phi) is 5.45. The van der Waals surface area contributed by atoms with Crippen LogP contribution in [0.3, 0.4) is 0 Å². The molecule has 0 saturated carbocycles. The molecular weight excluding hydrogens is 280 g/mol. The zero-order valence-electron chi connectivity index (χ0n) is 12.1. The molecule has 0 aliphatic heterocycles.